The van der Waals surface area contributed by atoms with Crippen LogP contribution in [0.5, 0.6) is 5.75 Å². The van der Waals surface area contributed by atoms with Crippen molar-refractivity contribution in [3.05, 3.63) is 71.7 Å². The molecule has 11 heteroatoms. The molecule has 3 N–H and O–H groups in total. The summed E-state index contributed by atoms with van der Waals surface area (Å²) >= 11 is 0. The van der Waals surface area contributed by atoms with Gasteiger partial charge >= 0.3 is 6.36 Å². The standard InChI is InChI=1S/C30H32F3N7O/c31-30(32,33)41-25-7-2-1-5-20(25)15-37-28-38-16-23(14-34)27(40-28)39-18-29-11-19-9-21(12-29)26(22(10-19)13-29)36-17-24-6-3-4-8-35-24/h1-8,16,19,21-22,26,36H,9-13,15,17-18H2,(H2,37,38,39,40)/t19?,21-,22+,26-,29+. The lowest BCUT2D eigenvalue weighted by Gasteiger charge is -2.60. The van der Waals surface area contributed by atoms with Crippen LogP contribution in [0.15, 0.2) is 54.9 Å². The number of aromatic nitrogens is 3. The molecule has 4 aliphatic rings. The number of ether oxygens (including phenoxy) is 1. The Kier molecular flexibility index (Phi) is 7.43. The van der Waals surface area contributed by atoms with E-state index < -0.39 is 6.36 Å². The summed E-state index contributed by atoms with van der Waals surface area (Å²) in [5, 5.41) is 19.9. The van der Waals surface area contributed by atoms with Gasteiger partial charge in [-0.3, -0.25) is 4.98 Å². The van der Waals surface area contributed by atoms with Crippen molar-refractivity contribution in [2.75, 3.05) is 17.2 Å². The maximum absolute atomic E-state index is 12.8. The highest BCUT2D eigenvalue weighted by atomic mass is 19.4. The van der Waals surface area contributed by atoms with E-state index in [-0.39, 0.29) is 23.7 Å². The number of halogens is 3. The monoisotopic (exact) mass is 563 g/mol. The lowest BCUT2D eigenvalue weighted by atomic mass is 9.48. The van der Waals surface area contributed by atoms with Gasteiger partial charge in [-0.15, -0.1) is 13.2 Å². The first-order chi connectivity index (χ1) is 19.8. The van der Waals surface area contributed by atoms with Gasteiger partial charge in [-0.25, -0.2) is 4.98 Å². The normalized spacial score (nSPS) is 26.4. The summed E-state index contributed by atoms with van der Waals surface area (Å²) in [6.45, 7) is 1.53. The SMILES string of the molecule is N#Cc1cnc(NCc2ccccc2OC(F)(F)F)nc1NC[C@@]12CC3C[C@H](C1)[C@@H](NCc1ccccn1)[C@@H](C3)C2. The first kappa shape index (κ1) is 27.3. The van der Waals surface area contributed by atoms with Crippen LogP contribution in [0.25, 0.3) is 0 Å². The fraction of sp³-hybridized carbons (Fsp3) is 0.467. The molecule has 4 fully saturated rings. The van der Waals surface area contributed by atoms with Crippen LogP contribution in [-0.2, 0) is 13.1 Å². The molecule has 3 aromatic rings. The van der Waals surface area contributed by atoms with Gasteiger partial charge in [-0.1, -0.05) is 24.3 Å². The molecule has 4 aliphatic carbocycles. The molecule has 1 aromatic carbocycles. The quantitative estimate of drug-likeness (QED) is 0.291. The summed E-state index contributed by atoms with van der Waals surface area (Å²) < 4.78 is 42.5. The molecule has 2 heterocycles. The lowest BCUT2D eigenvalue weighted by Crippen LogP contribution is -2.59. The zero-order valence-corrected chi connectivity index (χ0v) is 22.5. The van der Waals surface area contributed by atoms with Crippen LogP contribution in [0.1, 0.15) is 48.9 Å². The molecular weight excluding hydrogens is 531 g/mol. The van der Waals surface area contributed by atoms with Crippen LogP contribution in [0.2, 0.25) is 0 Å². The lowest BCUT2D eigenvalue weighted by molar-refractivity contribution is -0.274. The van der Waals surface area contributed by atoms with E-state index in [2.05, 4.69) is 47.8 Å². The van der Waals surface area contributed by atoms with Crippen molar-refractivity contribution in [3.63, 3.8) is 0 Å². The second kappa shape index (κ2) is 11.2. The third kappa shape index (κ3) is 6.22. The Balaban J connectivity index is 1.10. The highest BCUT2D eigenvalue weighted by Gasteiger charge is 2.55. The predicted octanol–water partition coefficient (Wildman–Crippen LogP) is 5.65. The van der Waals surface area contributed by atoms with Crippen molar-refractivity contribution < 1.29 is 17.9 Å². The van der Waals surface area contributed by atoms with Crippen LogP contribution in [0.3, 0.4) is 0 Å². The second-order valence-corrected chi connectivity index (χ2v) is 11.6. The van der Waals surface area contributed by atoms with E-state index in [0.29, 0.717) is 34.8 Å². The van der Waals surface area contributed by atoms with E-state index >= 15 is 0 Å². The Morgan fingerprint density at radius 1 is 0.976 bits per heavy atom. The van der Waals surface area contributed by atoms with Gasteiger partial charge in [-0.2, -0.15) is 10.2 Å². The first-order valence-electron chi connectivity index (χ1n) is 14.0. The van der Waals surface area contributed by atoms with E-state index in [0.717, 1.165) is 37.5 Å². The summed E-state index contributed by atoms with van der Waals surface area (Å²) in [5.41, 5.74) is 1.85. The third-order valence-corrected chi connectivity index (χ3v) is 8.82. The number of alkyl halides is 3. The fourth-order valence-corrected chi connectivity index (χ4v) is 7.47. The van der Waals surface area contributed by atoms with Crippen molar-refractivity contribution >= 4 is 11.8 Å². The van der Waals surface area contributed by atoms with Crippen LogP contribution in [0, 0.1) is 34.5 Å². The van der Waals surface area contributed by atoms with Crippen molar-refractivity contribution in [2.24, 2.45) is 23.2 Å². The number of benzene rings is 1. The predicted molar refractivity (Wildman–Crippen MR) is 147 cm³/mol. The van der Waals surface area contributed by atoms with Crippen molar-refractivity contribution in [1.82, 2.24) is 20.3 Å². The number of nitrogens with zero attached hydrogens (tertiary/aromatic N) is 4. The Morgan fingerprint density at radius 2 is 1.76 bits per heavy atom. The number of hydrogen-bond acceptors (Lipinski definition) is 8. The number of hydrogen-bond donors (Lipinski definition) is 3. The van der Waals surface area contributed by atoms with Gasteiger partial charge in [0, 0.05) is 37.4 Å². The van der Waals surface area contributed by atoms with Crippen molar-refractivity contribution in [1.29, 1.82) is 5.26 Å². The molecule has 4 bridgehead atoms. The molecule has 0 radical (unpaired) electrons. The molecule has 0 saturated heterocycles. The number of nitriles is 1. The van der Waals surface area contributed by atoms with Gasteiger partial charge in [-0.05, 0) is 73.5 Å². The third-order valence-electron chi connectivity index (χ3n) is 8.82. The van der Waals surface area contributed by atoms with E-state index in [4.69, 9.17) is 0 Å². The van der Waals surface area contributed by atoms with E-state index in [1.54, 1.807) is 12.1 Å². The first-order valence-corrected chi connectivity index (χ1v) is 14.0. The van der Waals surface area contributed by atoms with Gasteiger partial charge in [0.05, 0.1) is 11.9 Å². The number of rotatable bonds is 10. The van der Waals surface area contributed by atoms with Gasteiger partial charge in [0.1, 0.15) is 23.2 Å². The zero-order valence-electron chi connectivity index (χ0n) is 22.5. The van der Waals surface area contributed by atoms with E-state index in [9.17, 15) is 18.4 Å². The number of pyridine rings is 1. The highest BCUT2D eigenvalue weighted by molar-refractivity contribution is 5.53. The second-order valence-electron chi connectivity index (χ2n) is 11.6. The molecule has 8 nitrogen and oxygen atoms in total. The maximum Gasteiger partial charge on any atom is 0.573 e. The minimum Gasteiger partial charge on any atom is -0.405 e. The van der Waals surface area contributed by atoms with E-state index in [1.165, 1.54) is 37.6 Å². The van der Waals surface area contributed by atoms with Crippen molar-refractivity contribution in [2.45, 2.75) is 57.6 Å². The molecule has 2 aromatic heterocycles. The number of anilines is 2. The smallest absolute Gasteiger partial charge is 0.405 e. The average molecular weight is 564 g/mol. The summed E-state index contributed by atoms with van der Waals surface area (Å²) in [4.78, 5) is 13.2. The summed E-state index contributed by atoms with van der Waals surface area (Å²) in [7, 11) is 0. The topological polar surface area (TPSA) is 108 Å². The molecule has 0 aliphatic heterocycles. The van der Waals surface area contributed by atoms with Crippen molar-refractivity contribution in [3.8, 4) is 11.8 Å². The number of nitrogens with one attached hydrogen (secondary N) is 3. The van der Waals surface area contributed by atoms with Crippen LogP contribution in [0.4, 0.5) is 24.9 Å². The Hall–Kier alpha value is -3.91. The summed E-state index contributed by atoms with van der Waals surface area (Å²) in [5.74, 6) is 2.32. The summed E-state index contributed by atoms with van der Waals surface area (Å²) in [6.07, 6.45) is 4.41. The summed E-state index contributed by atoms with van der Waals surface area (Å²) in [6, 6.07) is 14.6. The molecule has 41 heavy (non-hydrogen) atoms. The molecule has 0 amide bonds. The fourth-order valence-electron chi connectivity index (χ4n) is 7.47. The van der Waals surface area contributed by atoms with Crippen LogP contribution in [-0.4, -0.2) is 33.9 Å². The molecular formula is C30H32F3N7O. The molecule has 5 atom stereocenters. The van der Waals surface area contributed by atoms with Gasteiger partial charge in [0.15, 0.2) is 0 Å². The zero-order chi connectivity index (χ0) is 28.5. The Labute approximate surface area is 236 Å². The van der Waals surface area contributed by atoms with Gasteiger partial charge in [0.2, 0.25) is 5.95 Å². The Bertz CT molecular complexity index is 1400. The molecule has 1 unspecified atom stereocenters. The van der Waals surface area contributed by atoms with Gasteiger partial charge < -0.3 is 20.7 Å². The van der Waals surface area contributed by atoms with Crippen LogP contribution < -0.4 is 20.7 Å². The van der Waals surface area contributed by atoms with Crippen LogP contribution >= 0.6 is 0 Å². The maximum atomic E-state index is 12.8. The molecule has 7 rings (SSSR count). The van der Waals surface area contributed by atoms with E-state index in [1.807, 2.05) is 18.3 Å². The minimum absolute atomic E-state index is 0.0272. The van der Waals surface area contributed by atoms with Gasteiger partial charge in [0.25, 0.3) is 0 Å². The number of para-hydroxylation sites is 1. The minimum atomic E-state index is -4.79. The average Bonchev–Trinajstić information content (AvgIpc) is 2.95. The Morgan fingerprint density at radius 3 is 2.49 bits per heavy atom. The molecule has 0 spiro atoms. The highest BCUT2D eigenvalue weighted by Crippen LogP contribution is 2.60. The molecule has 214 valence electrons. The molecule has 4 saturated carbocycles. The largest absolute Gasteiger partial charge is 0.573 e.